The molecule has 29 heavy (non-hydrogen) atoms. The Labute approximate surface area is 180 Å². The van der Waals surface area contributed by atoms with Crippen LogP contribution in [-0.4, -0.2) is 9.13 Å². The number of aromatic nitrogens is 4. The number of hydrogen-bond donors (Lipinski definition) is 0. The zero-order valence-corrected chi connectivity index (χ0v) is 19.1. The average Bonchev–Trinajstić information content (AvgIpc) is 3.24. The van der Waals surface area contributed by atoms with Gasteiger partial charge in [0.15, 0.2) is 0 Å². The summed E-state index contributed by atoms with van der Waals surface area (Å²) in [5.41, 5.74) is -0.489. The van der Waals surface area contributed by atoms with Crippen LogP contribution in [0.5, 0.6) is 0 Å². The Morgan fingerprint density at radius 2 is 1.17 bits per heavy atom. The predicted molar refractivity (Wildman–Crippen MR) is 107 cm³/mol. The van der Waals surface area contributed by atoms with Gasteiger partial charge < -0.3 is 17.5 Å². The van der Waals surface area contributed by atoms with Crippen molar-refractivity contribution in [2.24, 2.45) is 0 Å². The summed E-state index contributed by atoms with van der Waals surface area (Å²) in [5.74, 6) is 0. The lowest BCUT2D eigenvalue weighted by Crippen LogP contribution is -3.00. The molecule has 0 saturated heterocycles. The number of hydrogen-bond acceptors (Lipinski definition) is 1. The molecule has 0 fully saturated rings. The van der Waals surface area contributed by atoms with E-state index in [0.717, 1.165) is 5.56 Å². The van der Waals surface area contributed by atoms with Gasteiger partial charge in [-0.15, -0.1) is 0 Å². The Hall–Kier alpha value is -2.11. The smallest absolute Gasteiger partial charge is 0.244 e. The molecule has 0 atom stereocenters. The van der Waals surface area contributed by atoms with Crippen LogP contribution in [-0.2, 0) is 29.8 Å². The summed E-state index contributed by atoms with van der Waals surface area (Å²) in [6.45, 7) is 13.7. The van der Waals surface area contributed by atoms with Crippen molar-refractivity contribution in [3.8, 4) is 0 Å². The highest BCUT2D eigenvalue weighted by Gasteiger charge is 2.28. The Morgan fingerprint density at radius 1 is 0.759 bits per heavy atom. The van der Waals surface area contributed by atoms with Gasteiger partial charge in [0.2, 0.25) is 12.7 Å². The normalized spacial score (nSPS) is 12.7. The second kappa shape index (κ2) is 8.33. The number of imidazole rings is 2. The lowest BCUT2D eigenvalue weighted by atomic mass is 9.93. The van der Waals surface area contributed by atoms with Crippen LogP contribution in [0.1, 0.15) is 47.1 Å². The maximum Gasteiger partial charge on any atom is 0.244 e. The van der Waals surface area contributed by atoms with Gasteiger partial charge in [-0.25, -0.2) is 18.3 Å². The molecule has 2 aromatic heterocycles. The fourth-order valence-electron chi connectivity index (χ4n) is 3.33. The first-order valence-corrected chi connectivity index (χ1v) is 9.88. The third-order valence-electron chi connectivity index (χ3n) is 5.11. The monoisotopic (exact) mass is 416 g/mol. The van der Waals surface area contributed by atoms with Gasteiger partial charge in [0.1, 0.15) is 35.9 Å². The van der Waals surface area contributed by atoms with Crippen molar-refractivity contribution in [2.45, 2.75) is 71.3 Å². The van der Waals surface area contributed by atoms with E-state index in [0.29, 0.717) is 13.1 Å². The molecule has 0 saturated carbocycles. The molecule has 158 valence electrons. The Kier molecular flexibility index (Phi) is 6.65. The molecule has 0 N–H and O–H groups in total. The molecule has 5 nitrogen and oxygen atoms in total. The molecule has 3 aromatic rings. The molecule has 2 heterocycles. The predicted octanol–water partition coefficient (Wildman–Crippen LogP) is -0.665. The number of nitrogens with zero attached hydrogens (tertiary/aromatic N) is 4. The third kappa shape index (κ3) is 5.49. The summed E-state index contributed by atoms with van der Waals surface area (Å²) in [6, 6.07) is 9.72. The van der Waals surface area contributed by atoms with E-state index >= 15 is 0 Å². The number of benzene rings is 1. The molecule has 0 spiro atoms. The van der Waals surface area contributed by atoms with Crippen molar-refractivity contribution >= 4 is 0 Å². The van der Waals surface area contributed by atoms with Crippen LogP contribution in [0, 0.1) is 0 Å². The lowest BCUT2D eigenvalue weighted by Gasteiger charge is -2.37. The van der Waals surface area contributed by atoms with Gasteiger partial charge in [0, 0.05) is 0 Å². The summed E-state index contributed by atoms with van der Waals surface area (Å²) in [5, 5.41) is 14.1. The van der Waals surface area contributed by atoms with Gasteiger partial charge in [-0.1, -0.05) is 35.9 Å². The van der Waals surface area contributed by atoms with Crippen molar-refractivity contribution in [3.63, 3.8) is 0 Å². The first-order chi connectivity index (χ1) is 13.0. The minimum Gasteiger partial charge on any atom is -1.00 e. The lowest BCUT2D eigenvalue weighted by molar-refractivity contribution is -0.790. The van der Waals surface area contributed by atoms with Crippen molar-refractivity contribution in [1.29, 1.82) is 0 Å². The summed E-state index contributed by atoms with van der Waals surface area (Å²) in [4.78, 5) is 0. The van der Waals surface area contributed by atoms with Gasteiger partial charge in [0.05, 0.1) is 13.1 Å². The maximum atomic E-state index is 14.1. The maximum absolute atomic E-state index is 14.1. The zero-order chi connectivity index (χ0) is 20.6. The van der Waals surface area contributed by atoms with Crippen LogP contribution in [0.25, 0.3) is 0 Å². The van der Waals surface area contributed by atoms with Crippen LogP contribution in [0.4, 0.5) is 0 Å². The van der Waals surface area contributed by atoms with E-state index in [4.69, 9.17) is 0 Å². The Balaban J connectivity index is 0.00000300. The van der Waals surface area contributed by atoms with Crippen LogP contribution in [0.15, 0.2) is 67.8 Å². The molecule has 0 amide bonds. The molecule has 0 aliphatic rings. The van der Waals surface area contributed by atoms with E-state index in [2.05, 4.69) is 50.7 Å². The highest BCUT2D eigenvalue weighted by molar-refractivity contribution is 5.20. The second-order valence-corrected chi connectivity index (χ2v) is 9.69. The van der Waals surface area contributed by atoms with Crippen LogP contribution in [0.2, 0.25) is 0 Å². The molecule has 0 aliphatic heterocycles. The van der Waals surface area contributed by atoms with E-state index in [-0.39, 0.29) is 23.5 Å². The van der Waals surface area contributed by atoms with Crippen molar-refractivity contribution in [3.05, 3.63) is 73.3 Å². The standard InChI is InChI=1S/C23H33N4O.ClH/c1-21(2,3)26-14-12-24(18-26)16-23(28,20-10-8-7-9-11-20)17-25-13-15-27(19-25)22(4,5)6;/h7-15,18-19H,16-17H2,1-6H3;1H/q+1;/p-1. The fourth-order valence-corrected chi connectivity index (χ4v) is 3.33. The molecular formula is C23H33ClN4O. The molecule has 0 radical (unpaired) electrons. The molecule has 0 unspecified atom stereocenters. The summed E-state index contributed by atoms with van der Waals surface area (Å²) < 4.78 is 8.29. The second-order valence-electron chi connectivity index (χ2n) is 9.69. The van der Waals surface area contributed by atoms with Crippen molar-refractivity contribution in [2.75, 3.05) is 0 Å². The van der Waals surface area contributed by atoms with Gasteiger partial charge in [-0.05, 0) is 47.1 Å². The van der Waals surface area contributed by atoms with Crippen molar-refractivity contribution in [1.82, 2.24) is 9.13 Å². The van der Waals surface area contributed by atoms with Crippen LogP contribution in [0.3, 0.4) is 0 Å². The summed E-state index contributed by atoms with van der Waals surface area (Å²) in [6.07, 6.45) is 12.1. The van der Waals surface area contributed by atoms with E-state index < -0.39 is 5.60 Å². The zero-order valence-electron chi connectivity index (χ0n) is 18.3. The van der Waals surface area contributed by atoms with E-state index in [9.17, 15) is 5.11 Å². The van der Waals surface area contributed by atoms with E-state index in [1.807, 2.05) is 76.9 Å². The SMILES string of the molecule is CC(C)(C)n1cc[n+](CC([O-])(C[n+]2ccn(C(C)(C)C)c2)c2ccccc2)c1.[Cl-]. The first kappa shape index (κ1) is 23.2. The highest BCUT2D eigenvalue weighted by atomic mass is 35.5. The number of halogens is 1. The Morgan fingerprint density at radius 3 is 1.52 bits per heavy atom. The quantitative estimate of drug-likeness (QED) is 0.509. The third-order valence-corrected chi connectivity index (χ3v) is 5.11. The molecule has 1 aromatic carbocycles. The minimum absolute atomic E-state index is 0. The summed E-state index contributed by atoms with van der Waals surface area (Å²) in [7, 11) is 0. The fraction of sp³-hybridized carbons (Fsp3) is 0.478. The van der Waals surface area contributed by atoms with Crippen molar-refractivity contribution < 1.29 is 26.6 Å². The van der Waals surface area contributed by atoms with Gasteiger partial charge in [-0.2, -0.15) is 0 Å². The molecule has 3 rings (SSSR count). The van der Waals surface area contributed by atoms with E-state index in [1.54, 1.807) is 0 Å². The van der Waals surface area contributed by atoms with E-state index in [1.165, 1.54) is 0 Å². The molecule has 6 heteroatoms. The Bertz CT molecular complexity index is 862. The van der Waals surface area contributed by atoms with Crippen LogP contribution < -0.4 is 26.6 Å². The summed E-state index contributed by atoms with van der Waals surface area (Å²) >= 11 is 0. The minimum atomic E-state index is -1.27. The molecule has 0 bridgehead atoms. The van der Waals surface area contributed by atoms with Gasteiger partial charge in [0.25, 0.3) is 0 Å². The molecular weight excluding hydrogens is 384 g/mol. The largest absolute Gasteiger partial charge is 1.00 e. The van der Waals surface area contributed by atoms with Gasteiger partial charge >= 0.3 is 0 Å². The first-order valence-electron chi connectivity index (χ1n) is 9.88. The highest BCUT2D eigenvalue weighted by Crippen LogP contribution is 2.20. The topological polar surface area (TPSA) is 40.7 Å². The van der Waals surface area contributed by atoms with Crippen LogP contribution >= 0.6 is 0 Å². The molecule has 0 aliphatic carbocycles. The van der Waals surface area contributed by atoms with Gasteiger partial charge in [-0.3, -0.25) is 0 Å². The average molecular weight is 417 g/mol. The number of rotatable bonds is 5.